The highest BCUT2D eigenvalue weighted by Gasteiger charge is 2.31. The van der Waals surface area contributed by atoms with E-state index >= 15 is 0 Å². The molecular formula is C26H32N4O6. The number of hydrogen-bond acceptors (Lipinski definition) is 8. The van der Waals surface area contributed by atoms with Crippen molar-refractivity contribution in [3.8, 4) is 11.7 Å². The third kappa shape index (κ3) is 7.79. The number of ketones is 1. The summed E-state index contributed by atoms with van der Waals surface area (Å²) in [4.78, 5) is 38.7. The number of Topliss-reactive ketones (excluding diaryl/α,β-unsaturated/α-hetero) is 1. The van der Waals surface area contributed by atoms with Gasteiger partial charge in [-0.2, -0.15) is 0 Å². The van der Waals surface area contributed by atoms with Crippen LogP contribution < -0.4 is 10.6 Å². The monoisotopic (exact) mass is 496 g/mol. The predicted molar refractivity (Wildman–Crippen MR) is 131 cm³/mol. The number of carbonyl (C=O) groups excluding carboxylic acids is 3. The Bertz CT molecular complexity index is 1110. The SMILES string of the molecule is CCCC[C@H](NC(=O)[C@H](CC(C)C)NC(=O)OCc1ccccc1)C(=O)c1nnc(-c2ccco2)o1. The van der Waals surface area contributed by atoms with Crippen LogP contribution in [0.15, 0.2) is 57.6 Å². The summed E-state index contributed by atoms with van der Waals surface area (Å²) < 4.78 is 16.0. The molecule has 0 unspecified atom stereocenters. The Balaban J connectivity index is 1.67. The van der Waals surface area contributed by atoms with Crippen LogP contribution in [0, 0.1) is 5.92 Å². The first-order chi connectivity index (χ1) is 17.4. The Hall–Kier alpha value is -3.95. The van der Waals surface area contributed by atoms with Crippen LogP contribution in [0.3, 0.4) is 0 Å². The molecule has 1 aromatic carbocycles. The van der Waals surface area contributed by atoms with Gasteiger partial charge in [0.2, 0.25) is 11.7 Å². The number of nitrogens with zero attached hydrogens (tertiary/aromatic N) is 2. The van der Waals surface area contributed by atoms with E-state index in [1.54, 1.807) is 12.1 Å². The quantitative estimate of drug-likeness (QED) is 0.329. The number of rotatable bonds is 13. The fraction of sp³-hybridized carbons (Fsp3) is 0.423. The summed E-state index contributed by atoms with van der Waals surface area (Å²) in [5, 5.41) is 13.1. The highest BCUT2D eigenvalue weighted by molar-refractivity contribution is 5.99. The topological polar surface area (TPSA) is 137 Å². The highest BCUT2D eigenvalue weighted by Crippen LogP contribution is 2.19. The van der Waals surface area contributed by atoms with Gasteiger partial charge in [-0.25, -0.2) is 4.79 Å². The molecule has 2 atom stereocenters. The van der Waals surface area contributed by atoms with Gasteiger partial charge in [-0.3, -0.25) is 9.59 Å². The zero-order valence-electron chi connectivity index (χ0n) is 20.7. The van der Waals surface area contributed by atoms with Crippen molar-refractivity contribution >= 4 is 17.8 Å². The molecule has 2 heterocycles. The van der Waals surface area contributed by atoms with Gasteiger partial charge in [0.05, 0.1) is 12.3 Å². The number of ether oxygens (including phenoxy) is 1. The highest BCUT2D eigenvalue weighted by atomic mass is 16.5. The Kier molecular flexibility index (Phi) is 9.79. The van der Waals surface area contributed by atoms with Crippen molar-refractivity contribution in [3.63, 3.8) is 0 Å². The number of carbonyl (C=O) groups is 3. The first-order valence-corrected chi connectivity index (χ1v) is 12.1. The number of alkyl carbamates (subject to hydrolysis) is 1. The van der Waals surface area contributed by atoms with Gasteiger partial charge in [-0.1, -0.05) is 63.9 Å². The van der Waals surface area contributed by atoms with E-state index in [0.717, 1.165) is 12.0 Å². The van der Waals surface area contributed by atoms with E-state index in [1.165, 1.54) is 6.26 Å². The van der Waals surface area contributed by atoms with Gasteiger partial charge < -0.3 is 24.2 Å². The average molecular weight is 497 g/mol. The van der Waals surface area contributed by atoms with Crippen LogP contribution in [0.2, 0.25) is 0 Å². The van der Waals surface area contributed by atoms with Gasteiger partial charge in [-0.05, 0) is 36.5 Å². The molecule has 3 rings (SSSR count). The first kappa shape index (κ1) is 26.7. The van der Waals surface area contributed by atoms with Gasteiger partial charge in [0, 0.05) is 0 Å². The van der Waals surface area contributed by atoms with Crippen molar-refractivity contribution in [1.29, 1.82) is 0 Å². The summed E-state index contributed by atoms with van der Waals surface area (Å²) in [6, 6.07) is 10.8. The fourth-order valence-electron chi connectivity index (χ4n) is 3.53. The van der Waals surface area contributed by atoms with Gasteiger partial charge >= 0.3 is 6.09 Å². The molecule has 10 heteroatoms. The van der Waals surface area contributed by atoms with Crippen molar-refractivity contribution in [1.82, 2.24) is 20.8 Å². The van der Waals surface area contributed by atoms with Crippen LogP contribution in [0.25, 0.3) is 11.7 Å². The lowest BCUT2D eigenvalue weighted by molar-refractivity contribution is -0.124. The van der Waals surface area contributed by atoms with Crippen LogP contribution in [-0.4, -0.2) is 40.1 Å². The molecule has 2 N–H and O–H groups in total. The summed E-state index contributed by atoms with van der Waals surface area (Å²) in [5.41, 5.74) is 0.830. The molecule has 0 bridgehead atoms. The number of hydrogen-bond donors (Lipinski definition) is 2. The lowest BCUT2D eigenvalue weighted by Gasteiger charge is -2.23. The number of furan rings is 1. The molecule has 192 valence electrons. The molecule has 10 nitrogen and oxygen atoms in total. The van der Waals surface area contributed by atoms with Gasteiger partial charge in [0.25, 0.3) is 11.8 Å². The number of benzene rings is 1. The van der Waals surface area contributed by atoms with E-state index < -0.39 is 29.9 Å². The molecule has 3 aromatic rings. The molecule has 0 aliphatic rings. The van der Waals surface area contributed by atoms with Crippen LogP contribution in [-0.2, 0) is 16.1 Å². The molecule has 2 aromatic heterocycles. The minimum Gasteiger partial charge on any atom is -0.459 e. The van der Waals surface area contributed by atoms with E-state index in [1.807, 2.05) is 51.1 Å². The van der Waals surface area contributed by atoms with E-state index in [0.29, 0.717) is 25.0 Å². The van der Waals surface area contributed by atoms with Crippen LogP contribution in [0.1, 0.15) is 62.7 Å². The molecular weight excluding hydrogens is 464 g/mol. The minimum atomic E-state index is -0.890. The maximum atomic E-state index is 13.2. The van der Waals surface area contributed by atoms with Crippen LogP contribution >= 0.6 is 0 Å². The summed E-state index contributed by atoms with van der Waals surface area (Å²) in [7, 11) is 0. The normalized spacial score (nSPS) is 12.7. The first-order valence-electron chi connectivity index (χ1n) is 12.1. The lowest BCUT2D eigenvalue weighted by atomic mass is 10.0. The Morgan fingerprint density at radius 2 is 1.78 bits per heavy atom. The van der Waals surface area contributed by atoms with E-state index in [9.17, 15) is 14.4 Å². The molecule has 36 heavy (non-hydrogen) atoms. The molecule has 0 spiro atoms. The summed E-state index contributed by atoms with van der Waals surface area (Å²) in [6.45, 7) is 5.93. The Labute approximate surface area is 209 Å². The molecule has 0 fully saturated rings. The maximum absolute atomic E-state index is 13.2. The van der Waals surface area contributed by atoms with E-state index in [2.05, 4.69) is 20.8 Å². The van der Waals surface area contributed by atoms with Crippen LogP contribution in [0.5, 0.6) is 0 Å². The number of aromatic nitrogens is 2. The Morgan fingerprint density at radius 1 is 1.00 bits per heavy atom. The second-order valence-corrected chi connectivity index (χ2v) is 8.85. The van der Waals surface area contributed by atoms with Gasteiger partial charge in [-0.15, -0.1) is 10.2 Å². The summed E-state index contributed by atoms with van der Waals surface area (Å²) >= 11 is 0. The zero-order chi connectivity index (χ0) is 25.9. The maximum Gasteiger partial charge on any atom is 0.408 e. The summed E-state index contributed by atoms with van der Waals surface area (Å²) in [6.07, 6.45) is 3.00. The van der Waals surface area contributed by atoms with Crippen molar-refractivity contribution in [3.05, 3.63) is 60.2 Å². The molecule has 0 saturated heterocycles. The zero-order valence-corrected chi connectivity index (χ0v) is 20.7. The third-order valence-electron chi connectivity index (χ3n) is 5.38. The molecule has 2 amide bonds. The minimum absolute atomic E-state index is 0.0735. The lowest BCUT2D eigenvalue weighted by Crippen LogP contribution is -2.52. The van der Waals surface area contributed by atoms with Gasteiger partial charge in [0.15, 0.2) is 5.76 Å². The second-order valence-electron chi connectivity index (χ2n) is 8.85. The number of unbranched alkanes of at least 4 members (excludes halogenated alkanes) is 1. The van der Waals surface area contributed by atoms with Crippen molar-refractivity contribution in [2.45, 2.75) is 65.1 Å². The fourth-order valence-corrected chi connectivity index (χ4v) is 3.53. The largest absolute Gasteiger partial charge is 0.459 e. The van der Waals surface area contributed by atoms with Crippen molar-refractivity contribution in [2.75, 3.05) is 0 Å². The number of amides is 2. The van der Waals surface area contributed by atoms with E-state index in [-0.39, 0.29) is 24.3 Å². The smallest absolute Gasteiger partial charge is 0.408 e. The van der Waals surface area contributed by atoms with Crippen molar-refractivity contribution < 1.29 is 28.0 Å². The van der Waals surface area contributed by atoms with Crippen molar-refractivity contribution in [2.24, 2.45) is 5.92 Å². The summed E-state index contributed by atoms with van der Waals surface area (Å²) in [5.74, 6) is -0.696. The average Bonchev–Trinajstić information content (AvgIpc) is 3.57. The van der Waals surface area contributed by atoms with E-state index in [4.69, 9.17) is 13.6 Å². The molecule has 0 aliphatic carbocycles. The predicted octanol–water partition coefficient (Wildman–Crippen LogP) is 4.53. The van der Waals surface area contributed by atoms with Crippen LogP contribution in [0.4, 0.5) is 4.79 Å². The number of nitrogens with one attached hydrogen (secondary N) is 2. The molecule has 0 aliphatic heterocycles. The third-order valence-corrected chi connectivity index (χ3v) is 5.38. The molecule has 0 saturated carbocycles. The Morgan fingerprint density at radius 3 is 2.44 bits per heavy atom. The standard InChI is InChI=1S/C26H32N4O6/c1-4-5-12-19(22(31)25-30-29-24(36-25)21-13-9-14-34-21)27-23(32)20(15-17(2)3)28-26(33)35-16-18-10-7-6-8-11-18/h6-11,13-14,17,19-20H,4-5,12,15-16H2,1-3H3,(H,27,32)(H,28,33)/t19-,20-/m0/s1. The second kappa shape index (κ2) is 13.2. The van der Waals surface area contributed by atoms with Gasteiger partial charge in [0.1, 0.15) is 12.6 Å². The molecule has 0 radical (unpaired) electrons.